The first kappa shape index (κ1) is 17.5. The van der Waals surface area contributed by atoms with Crippen LogP contribution in [0.4, 0.5) is 10.5 Å². The fourth-order valence-corrected chi connectivity index (χ4v) is 3.08. The SMILES string of the molecule is CC.CN1CCC(c2ccc(N3CCC(=O)NC3=O)cc2)CC1. The predicted molar refractivity (Wildman–Crippen MR) is 92.8 cm³/mol. The van der Waals surface area contributed by atoms with Gasteiger partial charge in [-0.15, -0.1) is 0 Å². The first-order chi connectivity index (χ1) is 11.1. The monoisotopic (exact) mass is 317 g/mol. The molecule has 2 heterocycles. The normalized spacial score (nSPS) is 19.9. The van der Waals surface area contributed by atoms with Crippen LogP contribution in [0.3, 0.4) is 0 Å². The topological polar surface area (TPSA) is 52.6 Å². The molecular formula is C18H27N3O2. The molecule has 5 heteroatoms. The molecule has 1 aromatic carbocycles. The lowest BCUT2D eigenvalue weighted by molar-refractivity contribution is -0.120. The number of amides is 3. The number of anilines is 1. The Labute approximate surface area is 138 Å². The van der Waals surface area contributed by atoms with Crippen LogP contribution in [0.1, 0.15) is 44.6 Å². The summed E-state index contributed by atoms with van der Waals surface area (Å²) in [5.41, 5.74) is 2.21. The number of rotatable bonds is 2. The Morgan fingerprint density at radius 3 is 2.17 bits per heavy atom. The minimum absolute atomic E-state index is 0.195. The molecule has 1 N–H and O–H groups in total. The lowest BCUT2D eigenvalue weighted by Gasteiger charge is -2.30. The quantitative estimate of drug-likeness (QED) is 0.912. The van der Waals surface area contributed by atoms with Crippen molar-refractivity contribution in [2.75, 3.05) is 31.6 Å². The summed E-state index contributed by atoms with van der Waals surface area (Å²) in [6, 6.07) is 7.90. The third-order valence-corrected chi connectivity index (χ3v) is 4.45. The van der Waals surface area contributed by atoms with Crippen molar-refractivity contribution in [2.24, 2.45) is 0 Å². The van der Waals surface area contributed by atoms with Gasteiger partial charge in [-0.3, -0.25) is 15.0 Å². The summed E-state index contributed by atoms with van der Waals surface area (Å²) in [4.78, 5) is 27.0. The number of nitrogens with one attached hydrogen (secondary N) is 1. The number of carbonyl (C=O) groups is 2. The second-order valence-corrected chi connectivity index (χ2v) is 5.92. The third kappa shape index (κ3) is 4.32. The molecule has 0 aromatic heterocycles. The van der Waals surface area contributed by atoms with E-state index >= 15 is 0 Å². The highest BCUT2D eigenvalue weighted by atomic mass is 16.2. The van der Waals surface area contributed by atoms with E-state index in [4.69, 9.17) is 0 Å². The number of likely N-dealkylation sites (tertiary alicyclic amines) is 1. The summed E-state index contributed by atoms with van der Waals surface area (Å²) in [6.45, 7) is 6.74. The highest BCUT2D eigenvalue weighted by Gasteiger charge is 2.24. The molecule has 0 saturated carbocycles. The van der Waals surface area contributed by atoms with Crippen molar-refractivity contribution < 1.29 is 9.59 Å². The van der Waals surface area contributed by atoms with Gasteiger partial charge in [0.1, 0.15) is 0 Å². The van der Waals surface area contributed by atoms with E-state index in [0.717, 1.165) is 18.8 Å². The summed E-state index contributed by atoms with van der Waals surface area (Å²) in [5.74, 6) is 0.422. The molecular weight excluding hydrogens is 290 g/mol. The van der Waals surface area contributed by atoms with Crippen LogP contribution in [0.5, 0.6) is 0 Å². The number of urea groups is 1. The summed E-state index contributed by atoms with van der Waals surface area (Å²) in [6.07, 6.45) is 2.74. The number of carbonyl (C=O) groups excluding carboxylic acids is 2. The highest BCUT2D eigenvalue weighted by Crippen LogP contribution is 2.29. The second-order valence-electron chi connectivity index (χ2n) is 5.92. The average molecular weight is 317 g/mol. The van der Waals surface area contributed by atoms with Crippen molar-refractivity contribution >= 4 is 17.6 Å². The van der Waals surface area contributed by atoms with Crippen molar-refractivity contribution in [1.82, 2.24) is 10.2 Å². The maximum Gasteiger partial charge on any atom is 0.328 e. The number of hydrogen-bond donors (Lipinski definition) is 1. The Balaban J connectivity index is 0.000000924. The van der Waals surface area contributed by atoms with Crippen molar-refractivity contribution in [3.8, 4) is 0 Å². The molecule has 0 bridgehead atoms. The first-order valence-corrected chi connectivity index (χ1v) is 8.53. The zero-order valence-electron chi connectivity index (χ0n) is 14.3. The maximum absolute atomic E-state index is 11.8. The zero-order valence-corrected chi connectivity index (χ0v) is 14.3. The lowest BCUT2D eigenvalue weighted by atomic mass is 9.89. The van der Waals surface area contributed by atoms with Crippen LogP contribution in [0, 0.1) is 0 Å². The molecule has 0 atom stereocenters. The molecule has 126 valence electrons. The summed E-state index contributed by atoms with van der Waals surface area (Å²) in [7, 11) is 2.16. The largest absolute Gasteiger partial charge is 0.328 e. The summed E-state index contributed by atoms with van der Waals surface area (Å²) >= 11 is 0. The smallest absolute Gasteiger partial charge is 0.306 e. The number of imide groups is 1. The zero-order chi connectivity index (χ0) is 16.8. The summed E-state index contributed by atoms with van der Waals surface area (Å²) < 4.78 is 0. The number of hydrogen-bond acceptors (Lipinski definition) is 3. The maximum atomic E-state index is 11.8. The molecule has 1 aromatic rings. The van der Waals surface area contributed by atoms with Crippen LogP contribution < -0.4 is 10.2 Å². The fraction of sp³-hybridized carbons (Fsp3) is 0.556. The Bertz CT molecular complexity index is 534. The van der Waals surface area contributed by atoms with Crippen LogP contribution in [0.15, 0.2) is 24.3 Å². The standard InChI is InChI=1S/C16H21N3O2.C2H6/c1-18-9-6-13(7-10-18)12-2-4-14(5-3-12)19-11-8-15(20)17-16(19)21;1-2/h2-5,13H,6-11H2,1H3,(H,17,20,21);1-2H3. The van der Waals surface area contributed by atoms with Crippen molar-refractivity contribution in [1.29, 1.82) is 0 Å². The van der Waals surface area contributed by atoms with E-state index in [2.05, 4.69) is 29.4 Å². The van der Waals surface area contributed by atoms with E-state index in [0.29, 0.717) is 18.9 Å². The van der Waals surface area contributed by atoms with Gasteiger partial charge < -0.3 is 4.90 Å². The molecule has 2 saturated heterocycles. The van der Waals surface area contributed by atoms with Gasteiger partial charge in [0.2, 0.25) is 5.91 Å². The Morgan fingerprint density at radius 1 is 1.00 bits per heavy atom. The Morgan fingerprint density at radius 2 is 1.61 bits per heavy atom. The van der Waals surface area contributed by atoms with Crippen LogP contribution in [0.2, 0.25) is 0 Å². The van der Waals surface area contributed by atoms with Crippen LogP contribution in [-0.4, -0.2) is 43.5 Å². The van der Waals surface area contributed by atoms with E-state index in [1.54, 1.807) is 4.90 Å². The van der Waals surface area contributed by atoms with E-state index in [1.807, 2.05) is 26.0 Å². The van der Waals surface area contributed by atoms with Crippen LogP contribution in [-0.2, 0) is 4.79 Å². The molecule has 0 unspecified atom stereocenters. The molecule has 2 aliphatic heterocycles. The predicted octanol–water partition coefficient (Wildman–Crippen LogP) is 2.97. The van der Waals surface area contributed by atoms with Gasteiger partial charge in [0, 0.05) is 18.7 Å². The molecule has 0 radical (unpaired) electrons. The van der Waals surface area contributed by atoms with E-state index < -0.39 is 0 Å². The molecule has 2 aliphatic rings. The summed E-state index contributed by atoms with van der Waals surface area (Å²) in [5, 5.41) is 2.35. The van der Waals surface area contributed by atoms with Gasteiger partial charge >= 0.3 is 6.03 Å². The number of nitrogens with zero attached hydrogens (tertiary/aromatic N) is 2. The molecule has 3 rings (SSSR count). The van der Waals surface area contributed by atoms with E-state index in [1.165, 1.54) is 18.4 Å². The molecule has 3 amide bonds. The van der Waals surface area contributed by atoms with Gasteiger partial charge in [0.05, 0.1) is 0 Å². The van der Waals surface area contributed by atoms with Gasteiger partial charge in [0.15, 0.2) is 0 Å². The fourth-order valence-electron chi connectivity index (χ4n) is 3.08. The molecule has 23 heavy (non-hydrogen) atoms. The Kier molecular flexibility index (Phi) is 6.16. The molecule has 0 aliphatic carbocycles. The molecule has 0 spiro atoms. The third-order valence-electron chi connectivity index (χ3n) is 4.45. The average Bonchev–Trinajstić information content (AvgIpc) is 2.58. The number of benzene rings is 1. The van der Waals surface area contributed by atoms with Gasteiger partial charge in [-0.05, 0) is 56.6 Å². The van der Waals surface area contributed by atoms with E-state index in [-0.39, 0.29) is 11.9 Å². The van der Waals surface area contributed by atoms with Gasteiger partial charge in [0.25, 0.3) is 0 Å². The molecule has 2 fully saturated rings. The second kappa shape index (κ2) is 8.11. The Hall–Kier alpha value is -1.88. The van der Waals surface area contributed by atoms with Gasteiger partial charge in [-0.1, -0.05) is 26.0 Å². The minimum Gasteiger partial charge on any atom is -0.306 e. The van der Waals surface area contributed by atoms with Crippen molar-refractivity contribution in [3.05, 3.63) is 29.8 Å². The van der Waals surface area contributed by atoms with Crippen molar-refractivity contribution in [2.45, 2.75) is 39.0 Å². The number of piperidine rings is 1. The lowest BCUT2D eigenvalue weighted by Crippen LogP contribution is -2.49. The van der Waals surface area contributed by atoms with Crippen molar-refractivity contribution in [3.63, 3.8) is 0 Å². The van der Waals surface area contributed by atoms with Gasteiger partial charge in [-0.25, -0.2) is 4.79 Å². The van der Waals surface area contributed by atoms with Crippen LogP contribution >= 0.6 is 0 Å². The molecule has 5 nitrogen and oxygen atoms in total. The van der Waals surface area contributed by atoms with Gasteiger partial charge in [-0.2, -0.15) is 0 Å². The first-order valence-electron chi connectivity index (χ1n) is 8.53. The minimum atomic E-state index is -0.321. The van der Waals surface area contributed by atoms with Crippen LogP contribution in [0.25, 0.3) is 0 Å². The highest BCUT2D eigenvalue weighted by molar-refractivity contribution is 6.05. The van der Waals surface area contributed by atoms with E-state index in [9.17, 15) is 9.59 Å².